The number of fused-ring (bicyclic) bond motifs is 1. The number of aromatic nitrogens is 1. The Hall–Kier alpha value is -4.45. The second-order valence-electron chi connectivity index (χ2n) is 8.27. The van der Waals surface area contributed by atoms with Crippen molar-refractivity contribution in [3.8, 4) is 6.07 Å². The average Bonchev–Trinajstić information content (AvgIpc) is 3.41. The molecule has 2 aromatic heterocycles. The van der Waals surface area contributed by atoms with Crippen LogP contribution in [0.15, 0.2) is 70.1 Å². The summed E-state index contributed by atoms with van der Waals surface area (Å²) in [6.45, 7) is 1.50. The maximum Gasteiger partial charge on any atom is 0.289 e. The number of amides is 1. The minimum atomic E-state index is -0.514. The van der Waals surface area contributed by atoms with Crippen molar-refractivity contribution in [1.82, 2.24) is 9.47 Å². The molecule has 0 saturated carbocycles. The van der Waals surface area contributed by atoms with Crippen LogP contribution in [-0.2, 0) is 6.54 Å². The molecule has 35 heavy (non-hydrogen) atoms. The number of pyridine rings is 1. The number of carbonyl (C=O) groups excluding carboxylic acids is 1. The molecule has 1 aliphatic heterocycles. The zero-order valence-electron chi connectivity index (χ0n) is 18.6. The van der Waals surface area contributed by atoms with Gasteiger partial charge in [-0.1, -0.05) is 12.1 Å². The van der Waals surface area contributed by atoms with E-state index in [0.717, 1.165) is 0 Å². The molecule has 1 aliphatic rings. The second kappa shape index (κ2) is 9.06. The number of nitriles is 1. The van der Waals surface area contributed by atoms with Gasteiger partial charge in [-0.25, -0.2) is 8.78 Å². The predicted octanol–water partition coefficient (Wildman–Crippen LogP) is 3.76. The number of nitrogens with zero attached hydrogens (tertiary/aromatic N) is 4. The molecule has 0 spiro atoms. The highest BCUT2D eigenvalue weighted by Crippen LogP contribution is 2.31. The van der Waals surface area contributed by atoms with Crippen LogP contribution in [0.3, 0.4) is 0 Å². The van der Waals surface area contributed by atoms with Gasteiger partial charge in [0.2, 0.25) is 0 Å². The lowest BCUT2D eigenvalue weighted by molar-refractivity contribution is 0.0715. The fraction of sp³-hybridized carbons (Fsp3) is 0.192. The molecule has 1 saturated heterocycles. The molecule has 5 rings (SSSR count). The lowest BCUT2D eigenvalue weighted by Gasteiger charge is -2.36. The molecule has 3 heterocycles. The highest BCUT2D eigenvalue weighted by Gasteiger charge is 2.28. The van der Waals surface area contributed by atoms with E-state index in [1.54, 1.807) is 29.2 Å². The van der Waals surface area contributed by atoms with Crippen LogP contribution in [0.5, 0.6) is 0 Å². The monoisotopic (exact) mass is 474 g/mol. The number of benzene rings is 2. The summed E-state index contributed by atoms with van der Waals surface area (Å²) in [7, 11) is 0. The fourth-order valence-corrected chi connectivity index (χ4v) is 4.46. The van der Waals surface area contributed by atoms with Crippen molar-refractivity contribution in [3.63, 3.8) is 0 Å². The Morgan fingerprint density at radius 1 is 1.00 bits per heavy atom. The third-order valence-electron chi connectivity index (χ3n) is 6.18. The van der Waals surface area contributed by atoms with Gasteiger partial charge in [0.15, 0.2) is 5.76 Å². The molecule has 7 nitrogen and oxygen atoms in total. The lowest BCUT2D eigenvalue weighted by Crippen LogP contribution is -2.49. The zero-order valence-corrected chi connectivity index (χ0v) is 18.6. The Morgan fingerprint density at radius 3 is 2.37 bits per heavy atom. The van der Waals surface area contributed by atoms with Crippen molar-refractivity contribution in [2.75, 3.05) is 31.1 Å². The minimum absolute atomic E-state index is 0.0988. The van der Waals surface area contributed by atoms with E-state index in [2.05, 4.69) is 0 Å². The summed E-state index contributed by atoms with van der Waals surface area (Å²) in [5.41, 5.74) is 0.869. The highest BCUT2D eigenvalue weighted by molar-refractivity contribution is 5.95. The van der Waals surface area contributed by atoms with Gasteiger partial charge in [-0.15, -0.1) is 0 Å². The molecule has 0 radical (unpaired) electrons. The van der Waals surface area contributed by atoms with E-state index in [1.807, 2.05) is 11.0 Å². The van der Waals surface area contributed by atoms with Crippen molar-refractivity contribution >= 4 is 22.5 Å². The first kappa shape index (κ1) is 22.3. The van der Waals surface area contributed by atoms with Crippen molar-refractivity contribution in [2.45, 2.75) is 6.54 Å². The van der Waals surface area contributed by atoms with E-state index in [9.17, 15) is 23.6 Å². The molecule has 2 aromatic carbocycles. The number of furan rings is 1. The van der Waals surface area contributed by atoms with Gasteiger partial charge in [0.25, 0.3) is 11.5 Å². The number of halogens is 2. The fourth-order valence-electron chi connectivity index (χ4n) is 4.46. The second-order valence-corrected chi connectivity index (χ2v) is 8.27. The maximum absolute atomic E-state index is 14.4. The Morgan fingerprint density at radius 2 is 1.71 bits per heavy atom. The Bertz CT molecular complexity index is 1500. The van der Waals surface area contributed by atoms with Crippen molar-refractivity contribution < 1.29 is 18.0 Å². The van der Waals surface area contributed by atoms with Crippen molar-refractivity contribution in [3.05, 3.63) is 99.7 Å². The standard InChI is InChI=1S/C26H20F2N4O3/c27-18-5-3-17(4-6-18)16-32-22-8-7-19(28)14-20(22)24(21(15-29)25(32)33)30-9-11-31(12-10-30)26(34)23-2-1-13-35-23/h1-8,13-14H,9-12,16H2. The Kier molecular flexibility index (Phi) is 5.79. The number of piperazine rings is 1. The first-order chi connectivity index (χ1) is 17.0. The predicted molar refractivity (Wildman–Crippen MR) is 125 cm³/mol. The largest absolute Gasteiger partial charge is 0.459 e. The zero-order chi connectivity index (χ0) is 24.5. The molecule has 1 fully saturated rings. The van der Waals surface area contributed by atoms with Gasteiger partial charge >= 0.3 is 0 Å². The summed E-state index contributed by atoms with van der Waals surface area (Å²) >= 11 is 0. The molecule has 0 aliphatic carbocycles. The Labute approximate surface area is 199 Å². The number of carbonyl (C=O) groups is 1. The van der Waals surface area contributed by atoms with Gasteiger partial charge in [-0.05, 0) is 48.0 Å². The summed E-state index contributed by atoms with van der Waals surface area (Å²) in [4.78, 5) is 29.5. The average molecular weight is 474 g/mol. The number of rotatable bonds is 4. The van der Waals surface area contributed by atoms with Crippen molar-refractivity contribution in [2.24, 2.45) is 0 Å². The van der Waals surface area contributed by atoms with Crippen LogP contribution in [0, 0.1) is 23.0 Å². The summed E-state index contributed by atoms with van der Waals surface area (Å²) in [6, 6.07) is 15.1. The third kappa shape index (κ3) is 4.15. The Balaban J connectivity index is 1.54. The summed E-state index contributed by atoms with van der Waals surface area (Å²) in [6.07, 6.45) is 1.43. The summed E-state index contributed by atoms with van der Waals surface area (Å²) in [5.74, 6) is -0.889. The molecule has 9 heteroatoms. The molecule has 0 N–H and O–H groups in total. The van der Waals surface area contributed by atoms with Gasteiger partial charge < -0.3 is 18.8 Å². The van der Waals surface area contributed by atoms with E-state index in [-0.39, 0.29) is 23.8 Å². The first-order valence-electron chi connectivity index (χ1n) is 11.0. The number of hydrogen-bond donors (Lipinski definition) is 0. The van der Waals surface area contributed by atoms with Crippen LogP contribution in [0.25, 0.3) is 10.9 Å². The van der Waals surface area contributed by atoms with E-state index >= 15 is 0 Å². The van der Waals surface area contributed by atoms with E-state index < -0.39 is 17.2 Å². The van der Waals surface area contributed by atoms with E-state index in [1.165, 1.54) is 41.2 Å². The SMILES string of the molecule is N#Cc1c(N2CCN(C(=O)c3ccco3)CC2)c2cc(F)ccc2n(Cc2ccc(F)cc2)c1=O. The van der Waals surface area contributed by atoms with Gasteiger partial charge in [-0.3, -0.25) is 9.59 Å². The smallest absolute Gasteiger partial charge is 0.289 e. The highest BCUT2D eigenvalue weighted by atomic mass is 19.1. The van der Waals surface area contributed by atoms with Crippen LogP contribution in [0.2, 0.25) is 0 Å². The van der Waals surface area contributed by atoms with Crippen LogP contribution in [0.1, 0.15) is 21.7 Å². The van der Waals surface area contributed by atoms with E-state index in [4.69, 9.17) is 4.42 Å². The van der Waals surface area contributed by atoms with Crippen LogP contribution < -0.4 is 10.5 Å². The van der Waals surface area contributed by atoms with Gasteiger partial charge in [0.05, 0.1) is 24.0 Å². The molecule has 4 aromatic rings. The van der Waals surface area contributed by atoms with Crippen molar-refractivity contribution in [1.29, 1.82) is 5.26 Å². The third-order valence-corrected chi connectivity index (χ3v) is 6.18. The minimum Gasteiger partial charge on any atom is -0.459 e. The first-order valence-corrected chi connectivity index (χ1v) is 11.0. The topological polar surface area (TPSA) is 82.5 Å². The number of anilines is 1. The van der Waals surface area contributed by atoms with Gasteiger partial charge in [0.1, 0.15) is 23.3 Å². The van der Waals surface area contributed by atoms with E-state index in [0.29, 0.717) is 48.3 Å². The van der Waals surface area contributed by atoms with Crippen LogP contribution in [0.4, 0.5) is 14.5 Å². The summed E-state index contributed by atoms with van der Waals surface area (Å²) < 4.78 is 34.3. The summed E-state index contributed by atoms with van der Waals surface area (Å²) in [5, 5.41) is 10.4. The normalized spacial score (nSPS) is 13.7. The van der Waals surface area contributed by atoms with Crippen LogP contribution in [-0.4, -0.2) is 41.6 Å². The maximum atomic E-state index is 14.4. The number of hydrogen-bond acceptors (Lipinski definition) is 5. The van der Waals surface area contributed by atoms with Gasteiger partial charge in [0, 0.05) is 31.6 Å². The molecule has 0 unspecified atom stereocenters. The lowest BCUT2D eigenvalue weighted by atomic mass is 10.1. The van der Waals surface area contributed by atoms with Crippen LogP contribution >= 0.6 is 0 Å². The molecular weight excluding hydrogens is 454 g/mol. The molecule has 1 amide bonds. The van der Waals surface area contributed by atoms with Gasteiger partial charge in [-0.2, -0.15) is 5.26 Å². The molecule has 0 bridgehead atoms. The molecule has 176 valence electrons. The quantitative estimate of drug-likeness (QED) is 0.450. The molecular formula is C26H20F2N4O3. The molecule has 0 atom stereocenters.